The molecule has 0 saturated carbocycles. The first-order valence-corrected chi connectivity index (χ1v) is 8.98. The van der Waals surface area contributed by atoms with Crippen LogP contribution >= 0.6 is 0 Å². The van der Waals surface area contributed by atoms with Gasteiger partial charge in [0, 0.05) is 23.1 Å². The second-order valence-electron chi connectivity index (χ2n) is 7.36. The van der Waals surface area contributed by atoms with Crippen molar-refractivity contribution in [2.45, 2.75) is 58.2 Å². The van der Waals surface area contributed by atoms with Crippen molar-refractivity contribution >= 4 is 17.0 Å². The molecule has 9 heteroatoms. The lowest BCUT2D eigenvalue weighted by Gasteiger charge is -2.36. The van der Waals surface area contributed by atoms with E-state index in [1.807, 2.05) is 6.92 Å². The summed E-state index contributed by atoms with van der Waals surface area (Å²) in [7, 11) is 0. The number of amides is 1. The molecule has 3 rings (SSSR count). The van der Waals surface area contributed by atoms with Crippen molar-refractivity contribution in [2.24, 2.45) is 0 Å². The Labute approximate surface area is 160 Å². The quantitative estimate of drug-likeness (QED) is 0.787. The third kappa shape index (κ3) is 3.39. The molecule has 0 aliphatic carbocycles. The van der Waals surface area contributed by atoms with Crippen LogP contribution in [0.1, 0.15) is 38.4 Å². The van der Waals surface area contributed by atoms with Gasteiger partial charge in [-0.05, 0) is 57.4 Å². The smallest absolute Gasteiger partial charge is 0.438 e. The molecule has 1 aromatic heterocycles. The number of carbonyl (C=O) groups is 1. The number of nitrogens with zero attached hydrogens (tertiary/aromatic N) is 1. The number of cyclic esters (lactones) is 1. The van der Waals surface area contributed by atoms with E-state index in [0.29, 0.717) is 23.7 Å². The fourth-order valence-corrected chi connectivity index (χ4v) is 3.63. The van der Waals surface area contributed by atoms with Gasteiger partial charge in [0.15, 0.2) is 11.3 Å². The molecule has 1 saturated heterocycles. The summed E-state index contributed by atoms with van der Waals surface area (Å²) in [6, 6.07) is 4.07. The molecular weight excluding hydrogens is 377 g/mol. The number of hydrogen-bond acceptors (Lipinski definition) is 4. The second-order valence-corrected chi connectivity index (χ2v) is 7.36. The zero-order valence-corrected chi connectivity index (χ0v) is 16.1. The predicted molar refractivity (Wildman–Crippen MR) is 95.9 cm³/mol. The van der Waals surface area contributed by atoms with Crippen LogP contribution in [0.25, 0.3) is 10.9 Å². The molecule has 6 nitrogen and oxygen atoms in total. The number of H-pyrrole nitrogens is 1. The van der Waals surface area contributed by atoms with Crippen molar-refractivity contribution < 1.29 is 32.5 Å². The minimum absolute atomic E-state index is 0.152. The number of ether oxygens (including phenoxy) is 2. The summed E-state index contributed by atoms with van der Waals surface area (Å²) in [5.74, 6) is -0.314. The standard InChI is InChI=1S/C19H23F3N2O4/c1-5-17(3)18(4,26)24(16(25)28-17)9-8-13-11(2)23-15-7-6-12(10-14(13)15)27-19(20,21)22/h6-7,10,23,26H,5,8-9H2,1-4H3/t17-,18-/m1/s1. The van der Waals surface area contributed by atoms with Crippen LogP contribution in [0.5, 0.6) is 5.75 Å². The van der Waals surface area contributed by atoms with Crippen LogP contribution in [0.2, 0.25) is 0 Å². The maximum absolute atomic E-state index is 12.5. The van der Waals surface area contributed by atoms with E-state index in [1.54, 1.807) is 13.8 Å². The summed E-state index contributed by atoms with van der Waals surface area (Å²) < 4.78 is 46.9. The summed E-state index contributed by atoms with van der Waals surface area (Å²) in [5.41, 5.74) is -0.353. The topological polar surface area (TPSA) is 74.8 Å². The zero-order chi connectivity index (χ0) is 20.9. The Bertz CT molecular complexity index is 906. The lowest BCUT2D eigenvalue weighted by atomic mass is 9.90. The SMILES string of the molecule is CC[C@@]1(C)OC(=O)N(CCc2c(C)[nH]c3ccc(OC(F)(F)F)cc23)[C@]1(C)O. The van der Waals surface area contributed by atoms with Crippen LogP contribution in [0.3, 0.4) is 0 Å². The fourth-order valence-electron chi connectivity index (χ4n) is 3.63. The van der Waals surface area contributed by atoms with Gasteiger partial charge in [-0.2, -0.15) is 0 Å². The molecule has 0 bridgehead atoms. The van der Waals surface area contributed by atoms with Crippen molar-refractivity contribution in [3.63, 3.8) is 0 Å². The third-order valence-corrected chi connectivity index (χ3v) is 5.65. The molecule has 2 aromatic rings. The molecule has 2 heterocycles. The van der Waals surface area contributed by atoms with Crippen molar-refractivity contribution in [2.75, 3.05) is 6.54 Å². The number of nitrogens with one attached hydrogen (secondary N) is 1. The monoisotopic (exact) mass is 400 g/mol. The highest BCUT2D eigenvalue weighted by Gasteiger charge is 2.58. The van der Waals surface area contributed by atoms with E-state index >= 15 is 0 Å². The third-order valence-electron chi connectivity index (χ3n) is 5.65. The highest BCUT2D eigenvalue weighted by atomic mass is 19.4. The Morgan fingerprint density at radius 3 is 2.57 bits per heavy atom. The average molecular weight is 400 g/mol. The molecule has 1 aliphatic heterocycles. The van der Waals surface area contributed by atoms with E-state index in [0.717, 1.165) is 11.3 Å². The Morgan fingerprint density at radius 2 is 2.00 bits per heavy atom. The molecule has 0 spiro atoms. The van der Waals surface area contributed by atoms with Gasteiger partial charge < -0.3 is 19.6 Å². The van der Waals surface area contributed by atoms with Gasteiger partial charge in [0.2, 0.25) is 0 Å². The number of aromatic amines is 1. The summed E-state index contributed by atoms with van der Waals surface area (Å²) >= 11 is 0. The lowest BCUT2D eigenvalue weighted by Crippen LogP contribution is -2.55. The van der Waals surface area contributed by atoms with Gasteiger partial charge in [0.1, 0.15) is 5.75 Å². The van der Waals surface area contributed by atoms with Gasteiger partial charge in [-0.15, -0.1) is 13.2 Å². The summed E-state index contributed by atoms with van der Waals surface area (Å²) in [6.07, 6.45) is -4.63. The minimum atomic E-state index is -4.78. The van der Waals surface area contributed by atoms with Crippen molar-refractivity contribution in [1.29, 1.82) is 0 Å². The maximum Gasteiger partial charge on any atom is 0.573 e. The highest BCUT2D eigenvalue weighted by Crippen LogP contribution is 2.40. The van der Waals surface area contributed by atoms with Crippen LogP contribution in [-0.2, 0) is 11.2 Å². The Balaban J connectivity index is 1.87. The number of aryl methyl sites for hydroxylation is 1. The molecular formula is C19H23F3N2O4. The van der Waals surface area contributed by atoms with E-state index in [9.17, 15) is 23.1 Å². The average Bonchev–Trinajstić information content (AvgIpc) is 2.96. The van der Waals surface area contributed by atoms with Gasteiger partial charge >= 0.3 is 12.5 Å². The van der Waals surface area contributed by atoms with Gasteiger partial charge in [0.25, 0.3) is 0 Å². The molecule has 1 fully saturated rings. The highest BCUT2D eigenvalue weighted by molar-refractivity contribution is 5.86. The van der Waals surface area contributed by atoms with Crippen LogP contribution < -0.4 is 4.74 Å². The number of alkyl halides is 3. The Hall–Kier alpha value is -2.42. The molecule has 0 radical (unpaired) electrons. The number of aliphatic hydroxyl groups is 1. The first-order chi connectivity index (χ1) is 12.9. The number of aromatic nitrogens is 1. The van der Waals surface area contributed by atoms with Crippen LogP contribution in [0.15, 0.2) is 18.2 Å². The molecule has 2 atom stereocenters. The molecule has 2 N–H and O–H groups in total. The first-order valence-electron chi connectivity index (χ1n) is 8.98. The summed E-state index contributed by atoms with van der Waals surface area (Å²) in [5, 5.41) is 11.4. The normalized spacial score (nSPS) is 25.4. The van der Waals surface area contributed by atoms with E-state index in [1.165, 1.54) is 30.0 Å². The minimum Gasteiger partial charge on any atom is -0.438 e. The maximum atomic E-state index is 12.5. The van der Waals surface area contributed by atoms with Gasteiger partial charge in [-0.1, -0.05) is 6.92 Å². The molecule has 154 valence electrons. The number of benzene rings is 1. The van der Waals surface area contributed by atoms with Gasteiger partial charge in [-0.3, -0.25) is 4.90 Å². The zero-order valence-electron chi connectivity index (χ0n) is 16.1. The largest absolute Gasteiger partial charge is 0.573 e. The lowest BCUT2D eigenvalue weighted by molar-refractivity contribution is -0.274. The number of rotatable bonds is 5. The second kappa shape index (κ2) is 6.58. The van der Waals surface area contributed by atoms with Crippen LogP contribution in [0.4, 0.5) is 18.0 Å². The summed E-state index contributed by atoms with van der Waals surface area (Å²) in [6.45, 7) is 6.97. The predicted octanol–water partition coefficient (Wildman–Crippen LogP) is 4.25. The molecule has 1 aliphatic rings. The van der Waals surface area contributed by atoms with Gasteiger partial charge in [-0.25, -0.2) is 4.79 Å². The van der Waals surface area contributed by atoms with Crippen molar-refractivity contribution in [3.05, 3.63) is 29.5 Å². The van der Waals surface area contributed by atoms with Crippen molar-refractivity contribution in [1.82, 2.24) is 9.88 Å². The number of carbonyl (C=O) groups excluding carboxylic acids is 1. The number of hydrogen-bond donors (Lipinski definition) is 2. The van der Waals surface area contributed by atoms with Gasteiger partial charge in [0.05, 0.1) is 0 Å². The molecule has 1 aromatic carbocycles. The Kier molecular flexibility index (Phi) is 4.77. The first kappa shape index (κ1) is 20.3. The fraction of sp³-hybridized carbons (Fsp3) is 0.526. The van der Waals surface area contributed by atoms with Crippen molar-refractivity contribution in [3.8, 4) is 5.75 Å². The van der Waals surface area contributed by atoms with Crippen LogP contribution in [0, 0.1) is 6.92 Å². The molecule has 0 unspecified atom stereocenters. The van der Waals surface area contributed by atoms with Crippen LogP contribution in [-0.4, -0.2) is 45.3 Å². The molecule has 1 amide bonds. The van der Waals surface area contributed by atoms with E-state index < -0.39 is 23.8 Å². The van der Waals surface area contributed by atoms with E-state index in [4.69, 9.17) is 4.74 Å². The van der Waals surface area contributed by atoms with E-state index in [2.05, 4.69) is 9.72 Å². The van der Waals surface area contributed by atoms with E-state index in [-0.39, 0.29) is 12.3 Å². The number of fused-ring (bicyclic) bond motifs is 1. The Morgan fingerprint density at radius 1 is 1.32 bits per heavy atom. The number of halogens is 3. The summed E-state index contributed by atoms with van der Waals surface area (Å²) in [4.78, 5) is 16.6. The molecule has 28 heavy (non-hydrogen) atoms.